The van der Waals surface area contributed by atoms with E-state index in [1.54, 1.807) is 11.1 Å². The van der Waals surface area contributed by atoms with Crippen molar-refractivity contribution in [2.75, 3.05) is 6.54 Å². The summed E-state index contributed by atoms with van der Waals surface area (Å²) in [5, 5.41) is 3.64. The van der Waals surface area contributed by atoms with Crippen LogP contribution in [0.3, 0.4) is 0 Å². The Labute approximate surface area is 99.4 Å². The number of fused-ring (bicyclic) bond motifs is 1. The maximum atomic E-state index is 3.64. The molecule has 0 saturated carbocycles. The number of hydrogen-bond donors (Lipinski definition) is 1. The molecule has 0 aromatic heterocycles. The maximum absolute atomic E-state index is 3.64. The summed E-state index contributed by atoms with van der Waals surface area (Å²) in [5.74, 6) is 0.764. The molecule has 3 rings (SSSR count). The Morgan fingerprint density at radius 3 is 3.00 bits per heavy atom. The molecular weight excluding hydrogens is 250 g/mol. The van der Waals surface area contributed by atoms with Gasteiger partial charge in [-0.05, 0) is 61.4 Å². The van der Waals surface area contributed by atoms with E-state index in [0.717, 1.165) is 12.0 Å². The van der Waals surface area contributed by atoms with E-state index in [0.29, 0.717) is 0 Å². The van der Waals surface area contributed by atoms with Crippen LogP contribution in [0, 0.1) is 0 Å². The molecule has 1 N–H and O–H groups in total. The van der Waals surface area contributed by atoms with Gasteiger partial charge in [-0.25, -0.2) is 0 Å². The predicted octanol–water partition coefficient (Wildman–Crippen LogP) is 3.23. The summed E-state index contributed by atoms with van der Waals surface area (Å²) in [6.07, 6.45) is 5.32. The van der Waals surface area contributed by atoms with Crippen molar-refractivity contribution in [3.63, 3.8) is 0 Å². The van der Waals surface area contributed by atoms with Gasteiger partial charge in [-0.15, -0.1) is 0 Å². The van der Waals surface area contributed by atoms with Crippen LogP contribution in [0.25, 0.3) is 0 Å². The molecule has 2 atom stereocenters. The zero-order chi connectivity index (χ0) is 10.3. The fraction of sp³-hybridized carbons (Fsp3) is 0.538. The second-order valence-electron chi connectivity index (χ2n) is 4.69. The third kappa shape index (κ3) is 1.74. The average Bonchev–Trinajstić information content (AvgIpc) is 2.83. The highest BCUT2D eigenvalue weighted by molar-refractivity contribution is 9.10. The largest absolute Gasteiger partial charge is 0.313 e. The predicted molar refractivity (Wildman–Crippen MR) is 66.2 cm³/mol. The summed E-state index contributed by atoms with van der Waals surface area (Å²) in [6, 6.07) is 7.52. The molecule has 0 radical (unpaired) electrons. The van der Waals surface area contributed by atoms with E-state index in [9.17, 15) is 0 Å². The van der Waals surface area contributed by atoms with Gasteiger partial charge in [0, 0.05) is 10.5 Å². The molecule has 1 aliphatic carbocycles. The van der Waals surface area contributed by atoms with Gasteiger partial charge in [-0.2, -0.15) is 0 Å². The minimum absolute atomic E-state index is 0.737. The zero-order valence-corrected chi connectivity index (χ0v) is 10.4. The van der Waals surface area contributed by atoms with Gasteiger partial charge in [-0.3, -0.25) is 0 Å². The van der Waals surface area contributed by atoms with Gasteiger partial charge in [0.15, 0.2) is 0 Å². The number of rotatable bonds is 1. The zero-order valence-electron chi connectivity index (χ0n) is 8.80. The molecule has 1 aromatic carbocycles. The summed E-state index contributed by atoms with van der Waals surface area (Å²) < 4.78 is 1.23. The standard InChI is InChI=1S/C13H16BrN/c14-10-5-3-9-4-6-11(12(9)8-10)13-2-1-7-15-13/h3,5,8,11,13,15H,1-2,4,6-7H2. The summed E-state index contributed by atoms with van der Waals surface area (Å²) in [7, 11) is 0. The van der Waals surface area contributed by atoms with Crippen LogP contribution in [0.1, 0.15) is 36.3 Å². The smallest absolute Gasteiger partial charge is 0.0178 e. The van der Waals surface area contributed by atoms with E-state index in [4.69, 9.17) is 0 Å². The van der Waals surface area contributed by atoms with Gasteiger partial charge in [-0.1, -0.05) is 22.0 Å². The lowest BCUT2D eigenvalue weighted by Crippen LogP contribution is -2.27. The van der Waals surface area contributed by atoms with Crippen molar-refractivity contribution in [2.24, 2.45) is 0 Å². The minimum atomic E-state index is 0.737. The van der Waals surface area contributed by atoms with Crippen molar-refractivity contribution < 1.29 is 0 Å². The number of aryl methyl sites for hydroxylation is 1. The van der Waals surface area contributed by atoms with Crippen LogP contribution in [0.15, 0.2) is 22.7 Å². The summed E-state index contributed by atoms with van der Waals surface area (Å²) in [4.78, 5) is 0. The molecule has 0 bridgehead atoms. The van der Waals surface area contributed by atoms with Gasteiger partial charge >= 0.3 is 0 Å². The van der Waals surface area contributed by atoms with Crippen LogP contribution in [0.4, 0.5) is 0 Å². The molecule has 0 spiro atoms. The van der Waals surface area contributed by atoms with Crippen molar-refractivity contribution >= 4 is 15.9 Å². The van der Waals surface area contributed by atoms with Crippen molar-refractivity contribution in [3.8, 4) is 0 Å². The van der Waals surface area contributed by atoms with Gasteiger partial charge in [0.2, 0.25) is 0 Å². The van der Waals surface area contributed by atoms with E-state index < -0.39 is 0 Å². The van der Waals surface area contributed by atoms with Crippen LogP contribution >= 0.6 is 15.9 Å². The van der Waals surface area contributed by atoms with Gasteiger partial charge < -0.3 is 5.32 Å². The fourth-order valence-electron chi connectivity index (χ4n) is 3.08. The van der Waals surface area contributed by atoms with E-state index in [1.165, 1.54) is 36.7 Å². The Kier molecular flexibility index (Phi) is 2.57. The van der Waals surface area contributed by atoms with Crippen LogP contribution in [-0.4, -0.2) is 12.6 Å². The fourth-order valence-corrected chi connectivity index (χ4v) is 3.46. The molecule has 1 saturated heterocycles. The van der Waals surface area contributed by atoms with Gasteiger partial charge in [0.1, 0.15) is 0 Å². The Bertz CT molecular complexity index is 369. The lowest BCUT2D eigenvalue weighted by molar-refractivity contribution is 0.485. The Balaban J connectivity index is 1.92. The molecule has 2 heteroatoms. The summed E-state index contributed by atoms with van der Waals surface area (Å²) in [5.41, 5.74) is 3.15. The lowest BCUT2D eigenvalue weighted by atomic mass is 9.92. The molecule has 1 fully saturated rings. The average molecular weight is 266 g/mol. The molecule has 80 valence electrons. The van der Waals surface area contributed by atoms with E-state index >= 15 is 0 Å². The highest BCUT2D eigenvalue weighted by Crippen LogP contribution is 2.39. The summed E-state index contributed by atoms with van der Waals surface area (Å²) in [6.45, 7) is 1.21. The third-order valence-electron chi connectivity index (χ3n) is 3.82. The van der Waals surface area contributed by atoms with Crippen LogP contribution < -0.4 is 5.32 Å². The molecule has 15 heavy (non-hydrogen) atoms. The highest BCUT2D eigenvalue weighted by atomic mass is 79.9. The molecule has 1 heterocycles. The maximum Gasteiger partial charge on any atom is 0.0178 e. The topological polar surface area (TPSA) is 12.0 Å². The first-order valence-electron chi connectivity index (χ1n) is 5.86. The van der Waals surface area contributed by atoms with Gasteiger partial charge in [0.25, 0.3) is 0 Å². The molecule has 1 nitrogen and oxygen atoms in total. The molecular formula is C13H16BrN. The normalized spacial score (nSPS) is 29.4. The Morgan fingerprint density at radius 1 is 1.27 bits per heavy atom. The number of halogens is 1. The lowest BCUT2D eigenvalue weighted by Gasteiger charge is -2.19. The third-order valence-corrected chi connectivity index (χ3v) is 4.31. The van der Waals surface area contributed by atoms with E-state index in [-0.39, 0.29) is 0 Å². The van der Waals surface area contributed by atoms with Gasteiger partial charge in [0.05, 0.1) is 0 Å². The Hall–Kier alpha value is -0.340. The Morgan fingerprint density at radius 2 is 2.20 bits per heavy atom. The van der Waals surface area contributed by atoms with Crippen molar-refractivity contribution in [1.29, 1.82) is 0 Å². The van der Waals surface area contributed by atoms with Crippen LogP contribution in [0.5, 0.6) is 0 Å². The van der Waals surface area contributed by atoms with Crippen molar-refractivity contribution in [1.82, 2.24) is 5.32 Å². The second-order valence-corrected chi connectivity index (χ2v) is 5.61. The molecule has 1 aliphatic heterocycles. The number of nitrogens with one attached hydrogen (secondary N) is 1. The molecule has 2 unspecified atom stereocenters. The van der Waals surface area contributed by atoms with E-state index in [1.807, 2.05) is 0 Å². The number of hydrogen-bond acceptors (Lipinski definition) is 1. The van der Waals surface area contributed by atoms with E-state index in [2.05, 4.69) is 39.4 Å². The second kappa shape index (κ2) is 3.91. The molecule has 0 amide bonds. The first-order chi connectivity index (χ1) is 7.34. The van der Waals surface area contributed by atoms with Crippen LogP contribution in [0.2, 0.25) is 0 Å². The molecule has 2 aliphatic rings. The summed E-state index contributed by atoms with van der Waals surface area (Å²) >= 11 is 3.58. The minimum Gasteiger partial charge on any atom is -0.313 e. The van der Waals surface area contributed by atoms with Crippen molar-refractivity contribution in [3.05, 3.63) is 33.8 Å². The SMILES string of the molecule is Brc1ccc2c(c1)C(C1CCCN1)CC2. The monoisotopic (exact) mass is 265 g/mol. The quantitative estimate of drug-likeness (QED) is 0.822. The van der Waals surface area contributed by atoms with Crippen molar-refractivity contribution in [2.45, 2.75) is 37.6 Å². The van der Waals surface area contributed by atoms with Crippen LogP contribution in [-0.2, 0) is 6.42 Å². The number of benzene rings is 1. The highest BCUT2D eigenvalue weighted by Gasteiger charge is 2.31. The molecule has 1 aromatic rings. The first kappa shape index (κ1) is 9.86. The first-order valence-corrected chi connectivity index (χ1v) is 6.65.